The van der Waals surface area contributed by atoms with E-state index in [9.17, 15) is 15.0 Å². The van der Waals surface area contributed by atoms with E-state index in [0.29, 0.717) is 17.3 Å². The van der Waals surface area contributed by atoms with Crippen LogP contribution in [0.4, 0.5) is 0 Å². The zero-order valence-electron chi connectivity index (χ0n) is 25.2. The number of aliphatic hydroxyl groups excluding tert-OH is 1. The lowest BCUT2D eigenvalue weighted by molar-refractivity contribution is -0.245. The van der Waals surface area contributed by atoms with Gasteiger partial charge in [-0.25, -0.2) is 0 Å². The lowest BCUT2D eigenvalue weighted by atomic mass is 9.99. The highest BCUT2D eigenvalue weighted by atomic mass is 35.6. The molecule has 48 heavy (non-hydrogen) atoms. The number of thioether (sulfide) groups is 1. The smallest absolute Gasteiger partial charge is 0.272 e. The van der Waals surface area contributed by atoms with Crippen molar-refractivity contribution in [3.63, 3.8) is 0 Å². The number of halogens is 3. The summed E-state index contributed by atoms with van der Waals surface area (Å²) in [5.41, 5.74) is 6.16. The summed E-state index contributed by atoms with van der Waals surface area (Å²) in [6.45, 7) is 0.176. The zero-order chi connectivity index (χ0) is 33.7. The maximum atomic E-state index is 12.0. The molecule has 1 fully saturated rings. The average molecular weight is 727 g/mol. The number of nitrogens with zero attached hydrogens (tertiary/aromatic N) is 4. The average Bonchev–Trinajstić information content (AvgIpc) is 3.58. The number of rotatable bonds is 10. The molecule has 0 bridgehead atoms. The van der Waals surface area contributed by atoms with Crippen molar-refractivity contribution in [2.75, 3.05) is 5.75 Å². The summed E-state index contributed by atoms with van der Waals surface area (Å²) in [6.07, 6.45) is -0.505. The number of tetrazole rings is 1. The Bertz CT molecular complexity index is 1840. The molecule has 1 aromatic heterocycles. The first-order valence-corrected chi connectivity index (χ1v) is 17.0. The molecule has 3 atom stereocenters. The third-order valence-corrected chi connectivity index (χ3v) is 9.27. The van der Waals surface area contributed by atoms with Crippen molar-refractivity contribution >= 4 is 52.5 Å². The number of hydrogen-bond donors (Lipinski definition) is 3. The Morgan fingerprint density at radius 1 is 0.917 bits per heavy atom. The van der Waals surface area contributed by atoms with Crippen molar-refractivity contribution in [1.82, 2.24) is 25.5 Å². The van der Waals surface area contributed by atoms with Gasteiger partial charge in [0.25, 0.3) is 9.70 Å². The van der Waals surface area contributed by atoms with Gasteiger partial charge in [-0.05, 0) is 68.6 Å². The second kappa shape index (κ2) is 15.3. The third-order valence-electron chi connectivity index (χ3n) is 7.70. The number of carbonyl (C=O) groups excluding carboxylic acids is 1. The molecule has 4 aromatic carbocycles. The molecule has 0 radical (unpaired) electrons. The molecule has 6 rings (SSSR count). The highest BCUT2D eigenvalue weighted by molar-refractivity contribution is 7.99. The number of ether oxygens (including phenoxy) is 2. The summed E-state index contributed by atoms with van der Waals surface area (Å²) < 4.78 is 12.6. The number of aliphatic hydroxyl groups is 1. The van der Waals surface area contributed by atoms with Crippen molar-refractivity contribution in [2.45, 2.75) is 47.0 Å². The van der Waals surface area contributed by atoms with Gasteiger partial charge in [-0.2, -0.15) is 4.68 Å². The van der Waals surface area contributed by atoms with E-state index in [4.69, 9.17) is 44.3 Å². The van der Waals surface area contributed by atoms with Gasteiger partial charge in [-0.3, -0.25) is 4.79 Å². The number of phenols is 1. The standard InChI is InChI=1S/C34H30Cl3N5O5S/c35-34(36,37)32(45)38-18-22-2-1-3-26(16-22)23-8-10-25(11-9-23)31-46-29(17-30(47-31)24-6-4-21(19-43)5-7-24)20-48-33-39-40-41-42(33)27-12-14-28(44)15-13-27/h1-16,29-31,43-44H,17-20H2,(H,38,45). The van der Waals surface area contributed by atoms with E-state index >= 15 is 0 Å². The van der Waals surface area contributed by atoms with Crippen molar-refractivity contribution in [3.8, 4) is 22.6 Å². The molecule has 3 unspecified atom stereocenters. The van der Waals surface area contributed by atoms with Crippen LogP contribution in [0.1, 0.15) is 41.1 Å². The fraction of sp³-hybridized carbons (Fsp3) is 0.235. The molecule has 1 saturated heterocycles. The summed E-state index contributed by atoms with van der Waals surface area (Å²) in [4.78, 5) is 12.0. The number of hydrogen-bond acceptors (Lipinski definition) is 9. The molecule has 0 aliphatic carbocycles. The first-order chi connectivity index (χ1) is 23.2. The molecule has 10 nitrogen and oxygen atoms in total. The lowest BCUT2D eigenvalue weighted by Gasteiger charge is -2.36. The van der Waals surface area contributed by atoms with E-state index < -0.39 is 16.0 Å². The van der Waals surface area contributed by atoms with Crippen molar-refractivity contribution in [3.05, 3.63) is 119 Å². The highest BCUT2D eigenvalue weighted by Crippen LogP contribution is 2.40. The maximum absolute atomic E-state index is 12.0. The van der Waals surface area contributed by atoms with Crippen LogP contribution in [-0.2, 0) is 27.4 Å². The molecule has 0 spiro atoms. The van der Waals surface area contributed by atoms with Crippen LogP contribution in [0.25, 0.3) is 16.8 Å². The number of benzene rings is 4. The Labute approximate surface area is 295 Å². The van der Waals surface area contributed by atoms with Gasteiger partial charge in [0.2, 0.25) is 5.16 Å². The molecule has 1 aliphatic rings. The number of nitrogens with one attached hydrogen (secondary N) is 1. The van der Waals surface area contributed by atoms with Gasteiger partial charge in [0.1, 0.15) is 5.75 Å². The van der Waals surface area contributed by atoms with Gasteiger partial charge in [0.15, 0.2) is 6.29 Å². The Kier molecular flexibility index (Phi) is 10.9. The number of carbonyl (C=O) groups is 1. The van der Waals surface area contributed by atoms with E-state index in [2.05, 4.69) is 20.8 Å². The van der Waals surface area contributed by atoms with Gasteiger partial charge >= 0.3 is 0 Å². The number of phenolic OH excluding ortho intramolecular Hbond substituents is 1. The Hall–Kier alpha value is -3.68. The van der Waals surface area contributed by atoms with Gasteiger partial charge in [-0.1, -0.05) is 113 Å². The topological polar surface area (TPSA) is 132 Å². The summed E-state index contributed by atoms with van der Waals surface area (Å²) >= 11 is 18.5. The molecule has 3 N–H and O–H groups in total. The summed E-state index contributed by atoms with van der Waals surface area (Å²) in [6, 6.07) is 30.1. The first-order valence-electron chi connectivity index (χ1n) is 14.9. The molecule has 5 aromatic rings. The highest BCUT2D eigenvalue weighted by Gasteiger charge is 2.33. The minimum atomic E-state index is -2.03. The number of alkyl halides is 3. The first kappa shape index (κ1) is 34.2. The molecule has 1 amide bonds. The second-order valence-electron chi connectivity index (χ2n) is 11.1. The number of aromatic nitrogens is 4. The van der Waals surface area contributed by atoms with Crippen molar-refractivity contribution < 1.29 is 24.5 Å². The Morgan fingerprint density at radius 2 is 1.65 bits per heavy atom. The van der Waals surface area contributed by atoms with Crippen LogP contribution in [0.15, 0.2) is 102 Å². The minimum absolute atomic E-state index is 0.0363. The molecule has 0 saturated carbocycles. The van der Waals surface area contributed by atoms with E-state index in [1.807, 2.05) is 72.8 Å². The molecular formula is C34H30Cl3N5O5S. The van der Waals surface area contributed by atoms with E-state index in [0.717, 1.165) is 39.1 Å². The van der Waals surface area contributed by atoms with E-state index in [1.54, 1.807) is 28.9 Å². The summed E-state index contributed by atoms with van der Waals surface area (Å²) in [5.74, 6) is 0.0272. The van der Waals surface area contributed by atoms with Crippen LogP contribution in [-0.4, -0.2) is 52.0 Å². The van der Waals surface area contributed by atoms with Crippen LogP contribution in [0.2, 0.25) is 0 Å². The fourth-order valence-electron chi connectivity index (χ4n) is 5.19. The van der Waals surface area contributed by atoms with E-state index in [1.165, 1.54) is 11.8 Å². The Balaban J connectivity index is 1.18. The second-order valence-corrected chi connectivity index (χ2v) is 14.3. The normalized spacial score (nSPS) is 18.0. The monoisotopic (exact) mass is 725 g/mol. The number of amides is 1. The molecule has 14 heteroatoms. The van der Waals surface area contributed by atoms with Gasteiger partial charge in [0, 0.05) is 24.3 Å². The quantitative estimate of drug-likeness (QED) is 0.104. The predicted molar refractivity (Wildman–Crippen MR) is 184 cm³/mol. The zero-order valence-corrected chi connectivity index (χ0v) is 28.3. The summed E-state index contributed by atoms with van der Waals surface area (Å²) in [7, 11) is 0. The van der Waals surface area contributed by atoms with Gasteiger partial charge in [0.05, 0.1) is 24.5 Å². The van der Waals surface area contributed by atoms with E-state index in [-0.39, 0.29) is 31.1 Å². The molecule has 2 heterocycles. The molecular weight excluding hydrogens is 697 g/mol. The van der Waals surface area contributed by atoms with Crippen LogP contribution in [0.3, 0.4) is 0 Å². The van der Waals surface area contributed by atoms with Crippen molar-refractivity contribution in [2.24, 2.45) is 0 Å². The lowest BCUT2D eigenvalue weighted by Crippen LogP contribution is -2.33. The van der Waals surface area contributed by atoms with Crippen LogP contribution < -0.4 is 5.32 Å². The Morgan fingerprint density at radius 3 is 2.35 bits per heavy atom. The SMILES string of the molecule is O=C(NCc1cccc(-c2ccc(C3OC(CSc4nnnn4-c4ccc(O)cc4)CC(c4ccc(CO)cc4)O3)cc2)c1)C(Cl)(Cl)Cl. The largest absolute Gasteiger partial charge is 0.508 e. The summed E-state index contributed by atoms with van der Waals surface area (Å²) in [5, 5.41) is 34.6. The van der Waals surface area contributed by atoms with Gasteiger partial charge in [-0.15, -0.1) is 5.10 Å². The van der Waals surface area contributed by atoms with Gasteiger partial charge < -0.3 is 25.0 Å². The van der Waals surface area contributed by atoms with Crippen molar-refractivity contribution in [1.29, 1.82) is 0 Å². The molecule has 248 valence electrons. The number of aromatic hydroxyl groups is 1. The van der Waals surface area contributed by atoms with Crippen LogP contribution in [0.5, 0.6) is 5.75 Å². The predicted octanol–water partition coefficient (Wildman–Crippen LogP) is 6.85. The maximum Gasteiger partial charge on any atom is 0.272 e. The molecule has 1 aliphatic heterocycles. The minimum Gasteiger partial charge on any atom is -0.508 e. The van der Waals surface area contributed by atoms with Crippen LogP contribution >= 0.6 is 46.6 Å². The van der Waals surface area contributed by atoms with Crippen LogP contribution in [0, 0.1) is 0 Å². The fourth-order valence-corrected chi connectivity index (χ4v) is 6.30. The third kappa shape index (κ3) is 8.48.